The topological polar surface area (TPSA) is 14.2 Å². The van der Waals surface area contributed by atoms with Crippen LogP contribution in [0.25, 0.3) is 10.9 Å². The number of rotatable bonds is 4. The van der Waals surface area contributed by atoms with Gasteiger partial charge in [0.05, 0.1) is 12.6 Å². The monoisotopic (exact) mass is 329 g/mol. The lowest BCUT2D eigenvalue weighted by Crippen LogP contribution is -1.97. The van der Waals surface area contributed by atoms with Gasteiger partial charge in [0, 0.05) is 21.7 Å². The van der Waals surface area contributed by atoms with E-state index in [1.54, 1.807) is 7.11 Å². The van der Waals surface area contributed by atoms with Crippen LogP contribution in [-0.2, 0) is 6.54 Å². The number of ether oxygens (including phenoxy) is 1. The van der Waals surface area contributed by atoms with Crippen molar-refractivity contribution in [1.82, 2.24) is 4.57 Å². The fourth-order valence-electron chi connectivity index (χ4n) is 1.95. The molecule has 3 heteroatoms. The maximum Gasteiger partial charge on any atom is 0.143 e. The Bertz CT molecular complexity index is 490. The van der Waals surface area contributed by atoms with Gasteiger partial charge in [-0.3, -0.25) is 0 Å². The van der Waals surface area contributed by atoms with Crippen LogP contribution in [0.1, 0.15) is 19.8 Å². The Morgan fingerprint density at radius 3 is 2.88 bits per heavy atom. The highest BCUT2D eigenvalue weighted by atomic mass is 127. The minimum Gasteiger partial charge on any atom is -0.495 e. The molecule has 0 N–H and O–H groups in total. The van der Waals surface area contributed by atoms with Crippen LogP contribution in [0.2, 0.25) is 0 Å². The summed E-state index contributed by atoms with van der Waals surface area (Å²) >= 11 is 2.39. The molecule has 2 aromatic rings. The number of halogens is 1. The van der Waals surface area contributed by atoms with E-state index >= 15 is 0 Å². The van der Waals surface area contributed by atoms with Crippen LogP contribution in [0.4, 0.5) is 0 Å². The summed E-state index contributed by atoms with van der Waals surface area (Å²) in [6.07, 6.45) is 4.63. The fourth-order valence-corrected chi connectivity index (χ4v) is 2.72. The number of aryl methyl sites for hydroxylation is 1. The molecule has 1 heterocycles. The van der Waals surface area contributed by atoms with Crippen molar-refractivity contribution in [2.75, 3.05) is 7.11 Å². The van der Waals surface area contributed by atoms with E-state index in [2.05, 4.69) is 46.3 Å². The molecule has 0 saturated carbocycles. The second-order valence-corrected chi connectivity index (χ2v) is 5.04. The summed E-state index contributed by atoms with van der Waals surface area (Å²) in [5.74, 6) is 0.969. The largest absolute Gasteiger partial charge is 0.495 e. The Hall–Kier alpha value is -0.710. The number of para-hydroxylation sites is 1. The molecule has 0 aliphatic rings. The van der Waals surface area contributed by atoms with Crippen LogP contribution in [0.3, 0.4) is 0 Å². The molecule has 0 saturated heterocycles. The van der Waals surface area contributed by atoms with E-state index in [4.69, 9.17) is 4.74 Å². The summed E-state index contributed by atoms with van der Waals surface area (Å²) in [6.45, 7) is 3.28. The van der Waals surface area contributed by atoms with Crippen LogP contribution in [-0.4, -0.2) is 11.7 Å². The van der Waals surface area contributed by atoms with Crippen LogP contribution in [0.5, 0.6) is 5.75 Å². The third kappa shape index (κ3) is 2.05. The number of hydrogen-bond donors (Lipinski definition) is 0. The van der Waals surface area contributed by atoms with Crippen LogP contribution in [0, 0.1) is 3.57 Å². The third-order valence-corrected chi connectivity index (χ3v) is 3.64. The van der Waals surface area contributed by atoms with Gasteiger partial charge in [-0.1, -0.05) is 25.5 Å². The van der Waals surface area contributed by atoms with Gasteiger partial charge in [0.2, 0.25) is 0 Å². The lowest BCUT2D eigenvalue weighted by Gasteiger charge is -2.07. The quantitative estimate of drug-likeness (QED) is 0.772. The number of unbranched alkanes of at least 4 members (excludes halogenated alkanes) is 1. The first-order valence-corrected chi connectivity index (χ1v) is 6.67. The van der Waals surface area contributed by atoms with E-state index in [-0.39, 0.29) is 0 Å². The standard InChI is InChI=1S/C13H16INO/c1-3-4-8-15-9-11(14)10-6-5-7-12(16-2)13(10)15/h5-7,9H,3-4,8H2,1-2H3. The molecule has 0 fully saturated rings. The van der Waals surface area contributed by atoms with Crippen LogP contribution < -0.4 is 4.74 Å². The SMILES string of the molecule is CCCCn1cc(I)c2cccc(OC)c21. The predicted molar refractivity (Wildman–Crippen MR) is 76.1 cm³/mol. The number of nitrogens with zero attached hydrogens (tertiary/aromatic N) is 1. The lowest BCUT2D eigenvalue weighted by atomic mass is 10.2. The Kier molecular flexibility index (Phi) is 3.74. The van der Waals surface area contributed by atoms with E-state index in [0.29, 0.717) is 0 Å². The molecule has 0 aliphatic heterocycles. The van der Waals surface area contributed by atoms with Gasteiger partial charge in [-0.25, -0.2) is 0 Å². The minimum atomic E-state index is 0.969. The van der Waals surface area contributed by atoms with Crippen molar-refractivity contribution in [1.29, 1.82) is 0 Å². The maximum atomic E-state index is 5.44. The number of benzene rings is 1. The second-order valence-electron chi connectivity index (χ2n) is 3.88. The zero-order valence-electron chi connectivity index (χ0n) is 9.66. The zero-order chi connectivity index (χ0) is 11.5. The summed E-state index contributed by atoms with van der Waals surface area (Å²) in [5, 5.41) is 1.29. The van der Waals surface area contributed by atoms with Crippen molar-refractivity contribution < 1.29 is 4.74 Å². The molecule has 1 aromatic carbocycles. The molecular weight excluding hydrogens is 313 g/mol. The van der Waals surface area contributed by atoms with Gasteiger partial charge in [-0.15, -0.1) is 0 Å². The van der Waals surface area contributed by atoms with Gasteiger partial charge in [-0.05, 0) is 35.1 Å². The molecule has 2 nitrogen and oxygen atoms in total. The van der Waals surface area contributed by atoms with Gasteiger partial charge >= 0.3 is 0 Å². The Balaban J connectivity index is 2.55. The van der Waals surface area contributed by atoms with E-state index in [1.807, 2.05) is 12.1 Å². The fraction of sp³-hybridized carbons (Fsp3) is 0.385. The van der Waals surface area contributed by atoms with E-state index in [0.717, 1.165) is 12.3 Å². The average molecular weight is 329 g/mol. The molecular formula is C13H16INO. The van der Waals surface area contributed by atoms with Crippen molar-refractivity contribution in [2.45, 2.75) is 26.3 Å². The summed E-state index contributed by atoms with van der Waals surface area (Å²) in [7, 11) is 1.73. The normalized spacial score (nSPS) is 10.9. The lowest BCUT2D eigenvalue weighted by molar-refractivity contribution is 0.417. The molecule has 0 spiro atoms. The first-order valence-electron chi connectivity index (χ1n) is 5.59. The van der Waals surface area contributed by atoms with E-state index in [1.165, 1.54) is 27.3 Å². The maximum absolute atomic E-state index is 5.44. The highest BCUT2D eigenvalue weighted by Crippen LogP contribution is 2.30. The molecule has 0 atom stereocenters. The van der Waals surface area contributed by atoms with Crippen molar-refractivity contribution in [3.63, 3.8) is 0 Å². The van der Waals surface area contributed by atoms with Crippen molar-refractivity contribution in [3.8, 4) is 5.75 Å². The molecule has 86 valence electrons. The van der Waals surface area contributed by atoms with Crippen LogP contribution in [0.15, 0.2) is 24.4 Å². The third-order valence-electron chi connectivity index (χ3n) is 2.79. The van der Waals surface area contributed by atoms with E-state index in [9.17, 15) is 0 Å². The van der Waals surface area contributed by atoms with Gasteiger partial charge < -0.3 is 9.30 Å². The molecule has 0 unspecified atom stereocenters. The van der Waals surface area contributed by atoms with Gasteiger partial charge in [0.1, 0.15) is 5.75 Å². The molecule has 0 aliphatic carbocycles. The first kappa shape index (κ1) is 11.8. The average Bonchev–Trinajstić information content (AvgIpc) is 2.64. The van der Waals surface area contributed by atoms with Crippen molar-refractivity contribution >= 4 is 33.5 Å². The van der Waals surface area contributed by atoms with Gasteiger partial charge in [-0.2, -0.15) is 0 Å². The summed E-state index contributed by atoms with van der Waals surface area (Å²) < 4.78 is 9.04. The van der Waals surface area contributed by atoms with Crippen molar-refractivity contribution in [2.24, 2.45) is 0 Å². The van der Waals surface area contributed by atoms with Gasteiger partial charge in [0.15, 0.2) is 0 Å². The second kappa shape index (κ2) is 5.08. The highest BCUT2D eigenvalue weighted by Gasteiger charge is 2.10. The molecule has 1 aromatic heterocycles. The predicted octanol–water partition coefficient (Wildman–Crippen LogP) is 4.05. The Labute approximate surface area is 110 Å². The number of aromatic nitrogens is 1. The number of hydrogen-bond acceptors (Lipinski definition) is 1. The molecule has 16 heavy (non-hydrogen) atoms. The molecule has 0 radical (unpaired) electrons. The number of methoxy groups -OCH3 is 1. The van der Waals surface area contributed by atoms with Gasteiger partial charge in [0.25, 0.3) is 0 Å². The molecule has 2 rings (SSSR count). The Morgan fingerprint density at radius 2 is 2.19 bits per heavy atom. The molecule has 0 bridgehead atoms. The summed E-state index contributed by atoms with van der Waals surface area (Å²) in [6, 6.07) is 6.23. The first-order chi connectivity index (χ1) is 7.77. The smallest absolute Gasteiger partial charge is 0.143 e. The summed E-state index contributed by atoms with van der Waals surface area (Å²) in [5.41, 5.74) is 1.22. The highest BCUT2D eigenvalue weighted by molar-refractivity contribution is 14.1. The zero-order valence-corrected chi connectivity index (χ0v) is 11.8. The van der Waals surface area contributed by atoms with Crippen molar-refractivity contribution in [3.05, 3.63) is 28.0 Å². The van der Waals surface area contributed by atoms with Crippen LogP contribution >= 0.6 is 22.6 Å². The Morgan fingerprint density at radius 1 is 1.38 bits per heavy atom. The van der Waals surface area contributed by atoms with E-state index < -0.39 is 0 Å². The molecule has 0 amide bonds. The minimum absolute atomic E-state index is 0.969. The summed E-state index contributed by atoms with van der Waals surface area (Å²) in [4.78, 5) is 0. The number of fused-ring (bicyclic) bond motifs is 1.